The fraction of sp³-hybridized carbons (Fsp3) is 0. The van der Waals surface area contributed by atoms with Crippen LogP contribution < -0.4 is 0 Å². The normalized spacial score (nSPS) is 11.7. The van der Waals surface area contributed by atoms with Crippen molar-refractivity contribution < 1.29 is 0 Å². The average Bonchev–Trinajstić information content (AvgIpc) is 1.56. The van der Waals surface area contributed by atoms with Crippen molar-refractivity contribution in [3.8, 4) is 112 Å². The molecule has 0 fully saturated rings. The molecule has 0 saturated heterocycles. The summed E-state index contributed by atoms with van der Waals surface area (Å²) in [6.07, 6.45) is 0. The van der Waals surface area contributed by atoms with Crippen molar-refractivity contribution in [1.29, 1.82) is 0 Å². The highest BCUT2D eigenvalue weighted by Crippen LogP contribution is 2.47. The van der Waals surface area contributed by atoms with Gasteiger partial charge < -0.3 is 27.4 Å². The Balaban J connectivity index is 0.000000107. The smallest absolute Gasteiger partial charge is 0.0547 e. The molecule has 29 rings (SSSR count). The van der Waals surface area contributed by atoms with E-state index in [4.69, 9.17) is 0 Å². The summed E-state index contributed by atoms with van der Waals surface area (Å²) in [6, 6.07) is 198. The maximum Gasteiger partial charge on any atom is 0.0547 e. The lowest BCUT2D eigenvalue weighted by molar-refractivity contribution is 1.18. The van der Waals surface area contributed by atoms with E-state index in [1.165, 1.54) is 242 Å². The molecule has 0 bridgehead atoms. The van der Waals surface area contributed by atoms with Crippen LogP contribution >= 0.6 is 0 Å². The van der Waals surface area contributed by atoms with Crippen molar-refractivity contribution in [2.24, 2.45) is 0 Å². The molecule has 0 aliphatic heterocycles. The van der Waals surface area contributed by atoms with Crippen molar-refractivity contribution in [2.45, 2.75) is 0 Å². The zero-order valence-electron chi connectivity index (χ0n) is 77.6. The molecule has 0 aliphatic carbocycles. The lowest BCUT2D eigenvalue weighted by atomic mass is 9.99. The van der Waals surface area contributed by atoms with Crippen molar-refractivity contribution in [3.63, 3.8) is 0 Å². The fourth-order valence-electron chi connectivity index (χ4n) is 22.3. The summed E-state index contributed by atoms with van der Waals surface area (Å²) in [5.74, 6) is 0. The van der Waals surface area contributed by atoms with E-state index in [0.29, 0.717) is 0 Å². The third-order valence-electron chi connectivity index (χ3n) is 28.9. The number of aromatic nitrogens is 6. The zero-order chi connectivity index (χ0) is 93.7. The highest BCUT2D eigenvalue weighted by molar-refractivity contribution is 6.18. The van der Waals surface area contributed by atoms with E-state index < -0.39 is 0 Å². The van der Waals surface area contributed by atoms with Crippen LogP contribution in [0.2, 0.25) is 0 Å². The van der Waals surface area contributed by atoms with Gasteiger partial charge in [-0.1, -0.05) is 364 Å². The summed E-state index contributed by atoms with van der Waals surface area (Å²) in [5, 5.41) is 17.6. The molecule has 0 atom stereocenters. The van der Waals surface area contributed by atoms with Crippen LogP contribution in [0.1, 0.15) is 0 Å². The number of fused-ring (bicyclic) bond motifs is 19. The summed E-state index contributed by atoms with van der Waals surface area (Å²) in [4.78, 5) is 0. The predicted molar refractivity (Wildman–Crippen MR) is 601 cm³/mol. The summed E-state index contributed by atoms with van der Waals surface area (Å²) in [7, 11) is 0. The highest BCUT2D eigenvalue weighted by atomic mass is 15.0. The molecule has 23 aromatic carbocycles. The minimum Gasteiger partial charge on any atom is -0.309 e. The van der Waals surface area contributed by atoms with Crippen LogP contribution in [-0.4, -0.2) is 27.4 Å². The highest BCUT2D eigenvalue weighted by Gasteiger charge is 2.24. The maximum atomic E-state index is 2.43. The molecular formula is C136H90N6. The summed E-state index contributed by atoms with van der Waals surface area (Å²) < 4.78 is 14.4. The lowest BCUT2D eigenvalue weighted by Gasteiger charge is -2.12. The first-order valence-electron chi connectivity index (χ1n) is 48.8. The molecule has 0 N–H and O–H groups in total. The summed E-state index contributed by atoms with van der Waals surface area (Å²) in [5.41, 5.74) is 38.7. The molecule has 0 amide bonds. The molecule has 0 saturated carbocycles. The van der Waals surface area contributed by atoms with Gasteiger partial charge in [0, 0.05) is 98.5 Å². The standard InChI is InChI=1S/C48H32N2.C46H30N2.C42H28N2/c1-4-12-33(13-5-1)35-20-25-40(26-21-35)50-45-19-11-10-18-41(45)42-31-37(23-28-46(42)50)38-24-29-48-44(32-38)43-30-36(34-14-6-2-7-15-34)22-27-47(43)49(48)39-16-8-3-9-17-39;1-3-12-31(13-4-1)35-22-25-39-41-29-33(23-26-44(41)47(46(39)30-35)36-16-5-2-6-17-36)34-24-27-45-40(28-34)38-19-9-10-20-43(38)48(45)42-21-11-15-32-14-7-8-18-37(32)42;1-4-12-29(13-5-1)32-20-23-36-38-27-31(22-25-41(38)44(42(36)28-32)34-16-8-3-9-17-34)30-21-24-40-37(26-30)35-18-10-11-19-39(35)43(40)33-14-6-2-7-15-33/h1-32H;1-30H;1-28H. The van der Waals surface area contributed by atoms with Gasteiger partial charge in [-0.15, -0.1) is 0 Å². The van der Waals surface area contributed by atoms with Gasteiger partial charge in [-0.05, 0) is 265 Å². The molecule has 142 heavy (non-hydrogen) atoms. The van der Waals surface area contributed by atoms with Gasteiger partial charge in [0.1, 0.15) is 0 Å². The molecule has 664 valence electrons. The predicted octanol–water partition coefficient (Wildman–Crippen LogP) is 36.5. The Kier molecular flexibility index (Phi) is 20.2. The van der Waals surface area contributed by atoms with Crippen LogP contribution in [0.5, 0.6) is 0 Å². The van der Waals surface area contributed by atoms with Crippen molar-refractivity contribution in [3.05, 3.63) is 546 Å². The Hall–Kier alpha value is -18.9. The number of nitrogens with zero attached hydrogens (tertiary/aromatic N) is 6. The third kappa shape index (κ3) is 14.3. The number of hydrogen-bond donors (Lipinski definition) is 0. The van der Waals surface area contributed by atoms with E-state index in [-0.39, 0.29) is 0 Å². The van der Waals surface area contributed by atoms with E-state index in [2.05, 4.69) is 573 Å². The van der Waals surface area contributed by atoms with Crippen LogP contribution in [0.15, 0.2) is 546 Å². The van der Waals surface area contributed by atoms with Crippen LogP contribution in [0.25, 0.3) is 254 Å². The molecule has 0 spiro atoms. The van der Waals surface area contributed by atoms with Crippen molar-refractivity contribution in [1.82, 2.24) is 27.4 Å². The van der Waals surface area contributed by atoms with Gasteiger partial charge in [0.2, 0.25) is 0 Å². The number of benzene rings is 23. The molecule has 0 unspecified atom stereocenters. The van der Waals surface area contributed by atoms with Gasteiger partial charge in [0.15, 0.2) is 0 Å². The monoisotopic (exact) mass is 1810 g/mol. The van der Waals surface area contributed by atoms with E-state index in [1.807, 2.05) is 0 Å². The Morgan fingerprint density at radius 3 is 0.606 bits per heavy atom. The third-order valence-corrected chi connectivity index (χ3v) is 28.9. The summed E-state index contributed by atoms with van der Waals surface area (Å²) >= 11 is 0. The number of hydrogen-bond acceptors (Lipinski definition) is 0. The van der Waals surface area contributed by atoms with E-state index in [1.54, 1.807) is 0 Å². The van der Waals surface area contributed by atoms with Crippen LogP contribution in [0.4, 0.5) is 0 Å². The van der Waals surface area contributed by atoms with Gasteiger partial charge in [0.25, 0.3) is 0 Å². The van der Waals surface area contributed by atoms with E-state index >= 15 is 0 Å². The molecule has 29 aromatic rings. The molecule has 0 aliphatic rings. The van der Waals surface area contributed by atoms with Crippen LogP contribution in [-0.2, 0) is 0 Å². The minimum atomic E-state index is 1.16. The molecule has 0 radical (unpaired) electrons. The molecule has 6 heterocycles. The van der Waals surface area contributed by atoms with Gasteiger partial charge in [-0.2, -0.15) is 0 Å². The second-order valence-electron chi connectivity index (χ2n) is 37.0. The molecular weight excluding hydrogens is 1720 g/mol. The lowest BCUT2D eigenvalue weighted by Crippen LogP contribution is -1.95. The Bertz CT molecular complexity index is 9920. The first kappa shape index (κ1) is 82.6. The maximum absolute atomic E-state index is 2.43. The van der Waals surface area contributed by atoms with E-state index in [0.717, 1.165) is 11.4 Å². The quantitative estimate of drug-likeness (QED) is 0.110. The van der Waals surface area contributed by atoms with Crippen LogP contribution in [0, 0.1) is 0 Å². The summed E-state index contributed by atoms with van der Waals surface area (Å²) in [6.45, 7) is 0. The first-order valence-corrected chi connectivity index (χ1v) is 48.8. The van der Waals surface area contributed by atoms with Gasteiger partial charge >= 0.3 is 0 Å². The fourth-order valence-corrected chi connectivity index (χ4v) is 22.3. The largest absolute Gasteiger partial charge is 0.309 e. The Morgan fingerprint density at radius 2 is 0.282 bits per heavy atom. The SMILES string of the molecule is c1ccc(-c2ccc(-n3c4ccccc4c4cc(-c5ccc6c(c5)c5cc(-c7ccccc7)ccc5n6-c5ccccc5)ccc43)cc2)cc1.c1ccc(-c2ccc3c4cc(-c5ccc6c(c5)c5ccccc5n6-c5cccc6ccccc56)ccc4n(-c4ccccc4)c3c2)cc1.c1ccc(-c2ccc3c4cc(-c5ccc6c(c5)c5ccccc5n6-c5ccccc5)ccc4n(-c4ccccc4)c3c2)cc1. The van der Waals surface area contributed by atoms with Crippen molar-refractivity contribution >= 4 is 142 Å². The second kappa shape index (κ2) is 34.7. The average molecular weight is 1810 g/mol. The zero-order valence-corrected chi connectivity index (χ0v) is 77.6. The Morgan fingerprint density at radius 1 is 0.0915 bits per heavy atom. The van der Waals surface area contributed by atoms with Crippen molar-refractivity contribution in [2.75, 3.05) is 0 Å². The topological polar surface area (TPSA) is 29.6 Å². The van der Waals surface area contributed by atoms with Gasteiger partial charge in [0.05, 0.1) is 71.9 Å². The van der Waals surface area contributed by atoms with Gasteiger partial charge in [-0.25, -0.2) is 0 Å². The first-order chi connectivity index (χ1) is 70.4. The molecule has 6 aromatic heterocycles. The Labute approximate surface area is 821 Å². The second-order valence-corrected chi connectivity index (χ2v) is 37.0. The van der Waals surface area contributed by atoms with Gasteiger partial charge in [-0.3, -0.25) is 0 Å². The molecule has 6 heteroatoms. The number of para-hydroxylation sites is 7. The number of rotatable bonds is 13. The molecule has 6 nitrogen and oxygen atoms in total. The van der Waals surface area contributed by atoms with Crippen LogP contribution in [0.3, 0.4) is 0 Å². The minimum absolute atomic E-state index is 1.16. The van der Waals surface area contributed by atoms with E-state index in [9.17, 15) is 0 Å².